The molecule has 0 saturated heterocycles. The molecule has 0 bridgehead atoms. The van der Waals surface area contributed by atoms with Crippen LogP contribution in [0.15, 0.2) is 16.7 Å². The molecule has 0 radical (unpaired) electrons. The summed E-state index contributed by atoms with van der Waals surface area (Å²) in [7, 11) is 0. The summed E-state index contributed by atoms with van der Waals surface area (Å²) in [4.78, 5) is 3.75. The number of aromatic nitrogens is 2. The van der Waals surface area contributed by atoms with E-state index in [2.05, 4.69) is 14.7 Å². The van der Waals surface area contributed by atoms with E-state index in [9.17, 15) is 14.6 Å². The first-order chi connectivity index (χ1) is 7.63. The van der Waals surface area contributed by atoms with Gasteiger partial charge in [-0.3, -0.25) is 0 Å². The third-order valence-corrected chi connectivity index (χ3v) is 1.97. The van der Waals surface area contributed by atoms with E-state index in [1.807, 2.05) is 0 Å². The van der Waals surface area contributed by atoms with Gasteiger partial charge in [-0.25, -0.2) is 4.39 Å². The van der Waals surface area contributed by atoms with Crippen molar-refractivity contribution >= 4 is 0 Å². The number of rotatable bonds is 2. The van der Waals surface area contributed by atoms with Gasteiger partial charge in [0.15, 0.2) is 11.5 Å². The minimum atomic E-state index is -0.764. The SMILES string of the molecule is NCc1nc(-c2c(F)ccc(O)c2O)no1. The predicted octanol–water partition coefficient (Wildman–Crippen LogP) is 0.746. The van der Waals surface area contributed by atoms with Gasteiger partial charge in [-0.15, -0.1) is 0 Å². The third-order valence-electron chi connectivity index (χ3n) is 1.97. The summed E-state index contributed by atoms with van der Waals surface area (Å²) in [5.74, 6) is -1.91. The largest absolute Gasteiger partial charge is 0.504 e. The average Bonchev–Trinajstić information content (AvgIpc) is 2.73. The lowest BCUT2D eigenvalue weighted by molar-refractivity contribution is 0.379. The van der Waals surface area contributed by atoms with Crippen LogP contribution in [0.2, 0.25) is 0 Å². The molecule has 2 rings (SSSR count). The van der Waals surface area contributed by atoms with Crippen LogP contribution < -0.4 is 5.73 Å². The summed E-state index contributed by atoms with van der Waals surface area (Å²) >= 11 is 0. The smallest absolute Gasteiger partial charge is 0.240 e. The highest BCUT2D eigenvalue weighted by Gasteiger charge is 2.19. The summed E-state index contributed by atoms with van der Waals surface area (Å²) in [6, 6.07) is 2.01. The van der Waals surface area contributed by atoms with Crippen molar-refractivity contribution in [3.8, 4) is 22.9 Å². The number of nitrogens with two attached hydrogens (primary N) is 1. The van der Waals surface area contributed by atoms with Gasteiger partial charge in [-0.1, -0.05) is 5.16 Å². The zero-order valence-corrected chi connectivity index (χ0v) is 8.01. The van der Waals surface area contributed by atoms with Crippen molar-refractivity contribution in [1.29, 1.82) is 0 Å². The average molecular weight is 225 g/mol. The van der Waals surface area contributed by atoms with Crippen molar-refractivity contribution in [3.63, 3.8) is 0 Å². The molecule has 16 heavy (non-hydrogen) atoms. The van der Waals surface area contributed by atoms with Crippen LogP contribution in [0, 0.1) is 5.82 Å². The summed E-state index contributed by atoms with van der Waals surface area (Å²) in [5.41, 5.74) is 4.93. The molecule has 0 aliphatic carbocycles. The monoisotopic (exact) mass is 225 g/mol. The molecule has 0 aliphatic rings. The molecule has 0 spiro atoms. The standard InChI is InChI=1S/C9H8FN3O3/c10-4-1-2-5(14)8(15)7(4)9-12-6(3-11)16-13-9/h1-2,14-15H,3,11H2. The molecule has 0 atom stereocenters. The van der Waals surface area contributed by atoms with Crippen molar-refractivity contribution in [3.05, 3.63) is 23.8 Å². The highest BCUT2D eigenvalue weighted by Crippen LogP contribution is 2.36. The van der Waals surface area contributed by atoms with Gasteiger partial charge >= 0.3 is 0 Å². The maximum absolute atomic E-state index is 13.4. The highest BCUT2D eigenvalue weighted by atomic mass is 19.1. The van der Waals surface area contributed by atoms with Gasteiger partial charge in [0, 0.05) is 0 Å². The van der Waals surface area contributed by atoms with Crippen molar-refractivity contribution in [2.24, 2.45) is 5.73 Å². The van der Waals surface area contributed by atoms with Gasteiger partial charge in [-0.05, 0) is 12.1 Å². The Hall–Kier alpha value is -2.15. The van der Waals surface area contributed by atoms with E-state index in [4.69, 9.17) is 5.73 Å². The Kier molecular flexibility index (Phi) is 2.45. The van der Waals surface area contributed by atoms with Gasteiger partial charge in [0.25, 0.3) is 0 Å². The van der Waals surface area contributed by atoms with E-state index < -0.39 is 17.3 Å². The molecule has 0 aliphatic heterocycles. The van der Waals surface area contributed by atoms with Gasteiger partial charge in [0.05, 0.1) is 6.54 Å². The van der Waals surface area contributed by atoms with Crippen LogP contribution in [0.5, 0.6) is 11.5 Å². The maximum Gasteiger partial charge on any atom is 0.240 e. The van der Waals surface area contributed by atoms with Crippen LogP contribution in [-0.2, 0) is 6.54 Å². The van der Waals surface area contributed by atoms with Crippen molar-refractivity contribution in [1.82, 2.24) is 10.1 Å². The molecule has 7 heteroatoms. The van der Waals surface area contributed by atoms with Gasteiger partial charge in [-0.2, -0.15) is 4.98 Å². The van der Waals surface area contributed by atoms with Gasteiger partial charge in [0.2, 0.25) is 11.7 Å². The number of halogens is 1. The topological polar surface area (TPSA) is 105 Å². The van der Waals surface area contributed by atoms with E-state index in [-0.39, 0.29) is 23.8 Å². The Balaban J connectivity index is 2.58. The fraction of sp³-hybridized carbons (Fsp3) is 0.111. The molecule has 84 valence electrons. The molecule has 1 heterocycles. The predicted molar refractivity (Wildman–Crippen MR) is 50.9 cm³/mol. The van der Waals surface area contributed by atoms with Gasteiger partial charge < -0.3 is 20.5 Å². The Morgan fingerprint density at radius 3 is 2.75 bits per heavy atom. The number of hydrogen-bond acceptors (Lipinski definition) is 6. The number of aromatic hydroxyl groups is 2. The highest BCUT2D eigenvalue weighted by molar-refractivity contribution is 5.68. The minimum Gasteiger partial charge on any atom is -0.504 e. The lowest BCUT2D eigenvalue weighted by Crippen LogP contribution is -1.96. The van der Waals surface area contributed by atoms with Crippen LogP contribution in [0.25, 0.3) is 11.4 Å². The van der Waals surface area contributed by atoms with Crippen LogP contribution in [-0.4, -0.2) is 20.4 Å². The van der Waals surface area contributed by atoms with E-state index in [1.54, 1.807) is 0 Å². The normalized spacial score (nSPS) is 10.6. The number of nitrogens with zero attached hydrogens (tertiary/aromatic N) is 2. The second kappa shape index (κ2) is 3.78. The lowest BCUT2D eigenvalue weighted by Gasteiger charge is -2.02. The second-order valence-electron chi connectivity index (χ2n) is 3.01. The summed E-state index contributed by atoms with van der Waals surface area (Å²) < 4.78 is 18.1. The van der Waals surface area contributed by atoms with E-state index in [0.29, 0.717) is 0 Å². The minimum absolute atomic E-state index is 0.00813. The number of benzene rings is 1. The molecule has 0 fully saturated rings. The van der Waals surface area contributed by atoms with Crippen LogP contribution in [0.4, 0.5) is 4.39 Å². The van der Waals surface area contributed by atoms with E-state index in [1.165, 1.54) is 0 Å². The molecular formula is C9H8FN3O3. The Bertz CT molecular complexity index is 527. The fourth-order valence-corrected chi connectivity index (χ4v) is 1.21. The molecular weight excluding hydrogens is 217 g/mol. The fourth-order valence-electron chi connectivity index (χ4n) is 1.21. The van der Waals surface area contributed by atoms with Gasteiger partial charge in [0.1, 0.15) is 11.4 Å². The van der Waals surface area contributed by atoms with Crippen molar-refractivity contribution in [2.75, 3.05) is 0 Å². The number of hydrogen-bond donors (Lipinski definition) is 3. The molecule has 6 nitrogen and oxygen atoms in total. The van der Waals surface area contributed by atoms with E-state index >= 15 is 0 Å². The molecule has 2 aromatic rings. The maximum atomic E-state index is 13.4. The lowest BCUT2D eigenvalue weighted by atomic mass is 10.1. The third kappa shape index (κ3) is 1.57. The van der Waals surface area contributed by atoms with Crippen LogP contribution in [0.1, 0.15) is 5.89 Å². The zero-order valence-electron chi connectivity index (χ0n) is 8.01. The van der Waals surface area contributed by atoms with Crippen molar-refractivity contribution in [2.45, 2.75) is 6.54 Å². The molecule has 1 aromatic heterocycles. The first kappa shape index (κ1) is 10.4. The number of phenolic OH excluding ortho intramolecular Hbond substituents is 2. The molecule has 0 amide bonds. The van der Waals surface area contributed by atoms with Crippen LogP contribution >= 0.6 is 0 Å². The second-order valence-corrected chi connectivity index (χ2v) is 3.01. The summed E-state index contributed by atoms with van der Waals surface area (Å²) in [6.07, 6.45) is 0. The molecule has 4 N–H and O–H groups in total. The molecule has 1 aromatic carbocycles. The first-order valence-electron chi connectivity index (χ1n) is 4.37. The first-order valence-corrected chi connectivity index (χ1v) is 4.37. The Morgan fingerprint density at radius 1 is 1.38 bits per heavy atom. The van der Waals surface area contributed by atoms with Crippen molar-refractivity contribution < 1.29 is 19.1 Å². The zero-order chi connectivity index (χ0) is 11.7. The quantitative estimate of drug-likeness (QED) is 0.651. The molecule has 0 saturated carbocycles. The Morgan fingerprint density at radius 2 is 2.12 bits per heavy atom. The van der Waals surface area contributed by atoms with E-state index in [0.717, 1.165) is 12.1 Å². The molecule has 0 unspecified atom stereocenters. The summed E-state index contributed by atoms with van der Waals surface area (Å²) in [6.45, 7) is 0.00813. The number of phenols is 2. The van der Waals surface area contributed by atoms with Crippen LogP contribution in [0.3, 0.4) is 0 Å². The summed E-state index contributed by atoms with van der Waals surface area (Å²) in [5, 5.41) is 22.1. The Labute approximate surface area is 89.1 Å².